The van der Waals surface area contributed by atoms with Crippen LogP contribution < -0.4 is 9.47 Å². The number of ether oxygens (including phenoxy) is 2. The van der Waals surface area contributed by atoms with Gasteiger partial charge in [-0.3, -0.25) is 0 Å². The van der Waals surface area contributed by atoms with Crippen LogP contribution in [0.2, 0.25) is 0 Å². The molecular formula is C15H20I2O2. The Morgan fingerprint density at radius 3 is 1.42 bits per heavy atom. The normalized spacial score (nSPS) is 18.0. The number of halogens is 2. The average molecular weight is 486 g/mol. The van der Waals surface area contributed by atoms with Crippen molar-refractivity contribution >= 4 is 45.2 Å². The van der Waals surface area contributed by atoms with Crippen LogP contribution in [0.25, 0.3) is 0 Å². The number of rotatable bonds is 0. The Hall–Kier alpha value is 0.280. The highest BCUT2D eigenvalue weighted by atomic mass is 127. The van der Waals surface area contributed by atoms with E-state index in [1.165, 1.54) is 32.1 Å². The SMILES string of the molecule is Ic1cc2c(I)cc1OCCCCCCCCCO2. The van der Waals surface area contributed by atoms with Crippen LogP contribution in [0.15, 0.2) is 12.1 Å². The van der Waals surface area contributed by atoms with Crippen LogP contribution in [0, 0.1) is 7.14 Å². The van der Waals surface area contributed by atoms with Crippen molar-refractivity contribution < 1.29 is 9.47 Å². The maximum atomic E-state index is 5.88. The fraction of sp³-hybridized carbons (Fsp3) is 0.600. The van der Waals surface area contributed by atoms with Crippen LogP contribution in [0.4, 0.5) is 0 Å². The van der Waals surface area contributed by atoms with E-state index in [9.17, 15) is 0 Å². The molecule has 0 spiro atoms. The largest absolute Gasteiger partial charge is 0.492 e. The van der Waals surface area contributed by atoms with Gasteiger partial charge in [-0.1, -0.05) is 32.1 Å². The van der Waals surface area contributed by atoms with Crippen molar-refractivity contribution in [2.45, 2.75) is 44.9 Å². The molecule has 0 aromatic heterocycles. The Morgan fingerprint density at radius 2 is 1.00 bits per heavy atom. The summed E-state index contributed by atoms with van der Waals surface area (Å²) in [4.78, 5) is 0. The van der Waals surface area contributed by atoms with Gasteiger partial charge in [-0.2, -0.15) is 0 Å². The molecule has 0 amide bonds. The quantitative estimate of drug-likeness (QED) is 0.458. The average Bonchev–Trinajstić information content (AvgIpc) is 2.40. The number of fused-ring (bicyclic) bond motifs is 12. The van der Waals surface area contributed by atoms with E-state index >= 15 is 0 Å². The lowest BCUT2D eigenvalue weighted by atomic mass is 10.1. The second-order valence-corrected chi connectivity index (χ2v) is 7.21. The lowest BCUT2D eigenvalue weighted by Crippen LogP contribution is -2.02. The Bertz CT molecular complexity index is 370. The Balaban J connectivity index is 2.06. The minimum atomic E-state index is 0.826. The smallest absolute Gasteiger partial charge is 0.133 e. The Labute approximate surface area is 142 Å². The minimum Gasteiger partial charge on any atom is -0.492 e. The van der Waals surface area contributed by atoms with Gasteiger partial charge in [0.1, 0.15) is 11.5 Å². The first-order valence-corrected chi connectivity index (χ1v) is 9.18. The lowest BCUT2D eigenvalue weighted by Gasteiger charge is -2.12. The fourth-order valence-electron chi connectivity index (χ4n) is 2.18. The summed E-state index contributed by atoms with van der Waals surface area (Å²) in [5, 5.41) is 0. The number of hydrogen-bond acceptors (Lipinski definition) is 2. The first kappa shape index (κ1) is 15.7. The van der Waals surface area contributed by atoms with Gasteiger partial charge in [-0.25, -0.2) is 0 Å². The summed E-state index contributed by atoms with van der Waals surface area (Å²) >= 11 is 4.66. The second kappa shape index (κ2) is 8.54. The van der Waals surface area contributed by atoms with E-state index in [2.05, 4.69) is 57.3 Å². The van der Waals surface area contributed by atoms with Gasteiger partial charge < -0.3 is 9.47 Å². The van der Waals surface area contributed by atoms with Crippen LogP contribution in [-0.4, -0.2) is 13.2 Å². The van der Waals surface area contributed by atoms with Crippen LogP contribution in [0.5, 0.6) is 11.5 Å². The van der Waals surface area contributed by atoms with Gasteiger partial charge in [0.2, 0.25) is 0 Å². The first-order chi connectivity index (χ1) is 9.27. The summed E-state index contributed by atoms with van der Waals surface area (Å²) in [6.45, 7) is 1.65. The highest BCUT2D eigenvalue weighted by molar-refractivity contribution is 14.1. The van der Waals surface area contributed by atoms with Crippen molar-refractivity contribution in [3.63, 3.8) is 0 Å². The van der Waals surface area contributed by atoms with Crippen LogP contribution in [-0.2, 0) is 0 Å². The van der Waals surface area contributed by atoms with Crippen molar-refractivity contribution in [2.24, 2.45) is 0 Å². The van der Waals surface area contributed by atoms with Crippen molar-refractivity contribution in [3.8, 4) is 11.5 Å². The molecule has 2 bridgehead atoms. The van der Waals surface area contributed by atoms with E-state index in [4.69, 9.17) is 9.47 Å². The summed E-state index contributed by atoms with van der Waals surface area (Å²) in [5.74, 6) is 1.99. The maximum absolute atomic E-state index is 5.88. The predicted molar refractivity (Wildman–Crippen MR) is 95.2 cm³/mol. The molecule has 0 fully saturated rings. The van der Waals surface area contributed by atoms with E-state index in [1.54, 1.807) is 0 Å². The molecule has 2 heterocycles. The molecule has 106 valence electrons. The molecule has 2 aliphatic heterocycles. The van der Waals surface area contributed by atoms with Gasteiger partial charge in [0.15, 0.2) is 0 Å². The summed E-state index contributed by atoms with van der Waals surface area (Å²) in [7, 11) is 0. The minimum absolute atomic E-state index is 0.826. The molecule has 0 atom stereocenters. The van der Waals surface area contributed by atoms with Crippen molar-refractivity contribution in [3.05, 3.63) is 19.3 Å². The number of benzene rings is 1. The lowest BCUT2D eigenvalue weighted by molar-refractivity contribution is 0.297. The van der Waals surface area contributed by atoms with Crippen molar-refractivity contribution in [1.82, 2.24) is 0 Å². The van der Waals surface area contributed by atoms with Crippen molar-refractivity contribution in [1.29, 1.82) is 0 Å². The van der Waals surface area contributed by atoms with E-state index in [0.29, 0.717) is 0 Å². The molecule has 2 nitrogen and oxygen atoms in total. The zero-order valence-electron chi connectivity index (χ0n) is 11.1. The molecule has 0 N–H and O–H groups in total. The number of hydrogen-bond donors (Lipinski definition) is 0. The summed E-state index contributed by atoms with van der Waals surface area (Å²) < 4.78 is 14.0. The fourth-order valence-corrected chi connectivity index (χ4v) is 3.37. The molecule has 0 saturated carbocycles. The zero-order valence-corrected chi connectivity index (χ0v) is 15.4. The van der Waals surface area contributed by atoms with Gasteiger partial charge >= 0.3 is 0 Å². The van der Waals surface area contributed by atoms with E-state index < -0.39 is 0 Å². The molecule has 0 aliphatic carbocycles. The third kappa shape index (κ3) is 5.28. The van der Waals surface area contributed by atoms with Gasteiger partial charge in [-0.15, -0.1) is 0 Å². The first-order valence-electron chi connectivity index (χ1n) is 7.02. The zero-order chi connectivity index (χ0) is 13.5. The van der Waals surface area contributed by atoms with Gasteiger partial charge in [0, 0.05) is 0 Å². The monoisotopic (exact) mass is 486 g/mol. The van der Waals surface area contributed by atoms with Gasteiger partial charge in [-0.05, 0) is 70.2 Å². The Kier molecular flexibility index (Phi) is 7.04. The van der Waals surface area contributed by atoms with E-state index in [0.717, 1.165) is 44.7 Å². The second-order valence-electron chi connectivity index (χ2n) is 4.88. The summed E-state index contributed by atoms with van der Waals surface area (Å²) in [6.07, 6.45) is 8.88. The summed E-state index contributed by atoms with van der Waals surface area (Å²) in [5.41, 5.74) is 0. The molecule has 2 aliphatic rings. The predicted octanol–water partition coefficient (Wildman–Crippen LogP) is 5.40. The van der Waals surface area contributed by atoms with Crippen molar-refractivity contribution in [2.75, 3.05) is 13.2 Å². The molecular weight excluding hydrogens is 466 g/mol. The summed E-state index contributed by atoms with van der Waals surface area (Å²) in [6, 6.07) is 4.19. The molecule has 4 heteroatoms. The standard InChI is InChI=1S/C15H20I2O2/c16-12-11-15-13(17)10-14(12)18-8-6-4-2-1-3-5-7-9-19-15/h10-11H,1-9H2. The van der Waals surface area contributed by atoms with Gasteiger partial charge in [0.25, 0.3) is 0 Å². The molecule has 0 unspecified atom stereocenters. The Morgan fingerprint density at radius 1 is 0.632 bits per heavy atom. The molecule has 0 saturated heterocycles. The third-order valence-corrected chi connectivity index (χ3v) is 4.98. The third-order valence-electron chi connectivity index (χ3n) is 3.29. The van der Waals surface area contributed by atoms with Crippen LogP contribution >= 0.6 is 45.2 Å². The highest BCUT2D eigenvalue weighted by Gasteiger charge is 2.09. The maximum Gasteiger partial charge on any atom is 0.133 e. The van der Waals surface area contributed by atoms with E-state index in [1.807, 2.05) is 0 Å². The molecule has 0 radical (unpaired) electrons. The topological polar surface area (TPSA) is 18.5 Å². The molecule has 1 aromatic rings. The van der Waals surface area contributed by atoms with Gasteiger partial charge in [0.05, 0.1) is 20.4 Å². The molecule has 19 heavy (non-hydrogen) atoms. The van der Waals surface area contributed by atoms with Crippen LogP contribution in [0.1, 0.15) is 44.9 Å². The molecule has 3 rings (SSSR count). The highest BCUT2D eigenvalue weighted by Crippen LogP contribution is 2.31. The molecule has 1 aromatic carbocycles. The van der Waals surface area contributed by atoms with Crippen LogP contribution in [0.3, 0.4) is 0 Å². The van der Waals surface area contributed by atoms with E-state index in [-0.39, 0.29) is 0 Å².